The molecule has 1 saturated heterocycles. The topological polar surface area (TPSA) is 49.2 Å². The molecule has 1 fully saturated rings. The van der Waals surface area contributed by atoms with E-state index < -0.39 is 0 Å². The van der Waals surface area contributed by atoms with Crippen molar-refractivity contribution in [1.82, 2.24) is 9.97 Å². The number of anilines is 1. The second-order valence-corrected chi connectivity index (χ2v) is 4.53. The Bertz CT molecular complexity index is 339. The second-order valence-electron chi connectivity index (χ2n) is 4.53. The van der Waals surface area contributed by atoms with Crippen LogP contribution < -0.4 is 4.90 Å². The minimum Gasteiger partial charge on any atom is -0.396 e. The SMILES string of the molecule is Cc1cc(N2CCC(CO)CC2)nc(C)n1. The molecule has 88 valence electrons. The van der Waals surface area contributed by atoms with E-state index in [-0.39, 0.29) is 0 Å². The zero-order valence-electron chi connectivity index (χ0n) is 9.98. The predicted octanol–water partition coefficient (Wildman–Crippen LogP) is 1.30. The Labute approximate surface area is 96.3 Å². The molecule has 1 aromatic heterocycles. The largest absolute Gasteiger partial charge is 0.396 e. The third-order valence-corrected chi connectivity index (χ3v) is 3.15. The molecule has 1 aliphatic rings. The normalized spacial score (nSPS) is 17.8. The fourth-order valence-corrected chi connectivity index (χ4v) is 2.20. The lowest BCUT2D eigenvalue weighted by Crippen LogP contribution is -2.35. The molecule has 0 aliphatic carbocycles. The molecule has 1 aromatic rings. The van der Waals surface area contributed by atoms with Crippen LogP contribution in [-0.4, -0.2) is 34.8 Å². The van der Waals surface area contributed by atoms with Crippen LogP contribution in [0.1, 0.15) is 24.4 Å². The number of hydrogen-bond donors (Lipinski definition) is 1. The van der Waals surface area contributed by atoms with Crippen molar-refractivity contribution in [3.05, 3.63) is 17.6 Å². The number of aliphatic hydroxyl groups is 1. The molecule has 1 N–H and O–H groups in total. The first kappa shape index (κ1) is 11.3. The van der Waals surface area contributed by atoms with Crippen LogP contribution >= 0.6 is 0 Å². The van der Waals surface area contributed by atoms with Gasteiger partial charge in [0.15, 0.2) is 0 Å². The van der Waals surface area contributed by atoms with Gasteiger partial charge in [-0.2, -0.15) is 0 Å². The molecule has 1 aliphatic heterocycles. The van der Waals surface area contributed by atoms with Crippen molar-refractivity contribution in [3.8, 4) is 0 Å². The second kappa shape index (κ2) is 4.78. The van der Waals surface area contributed by atoms with Gasteiger partial charge in [0.2, 0.25) is 0 Å². The van der Waals surface area contributed by atoms with Gasteiger partial charge in [0.25, 0.3) is 0 Å². The lowest BCUT2D eigenvalue weighted by atomic mass is 9.98. The molecule has 0 atom stereocenters. The van der Waals surface area contributed by atoms with E-state index in [4.69, 9.17) is 5.11 Å². The summed E-state index contributed by atoms with van der Waals surface area (Å²) in [5.41, 5.74) is 1.02. The van der Waals surface area contributed by atoms with E-state index in [1.54, 1.807) is 0 Å². The Morgan fingerprint density at radius 3 is 2.56 bits per heavy atom. The summed E-state index contributed by atoms with van der Waals surface area (Å²) < 4.78 is 0. The standard InChI is InChI=1S/C12H19N3O/c1-9-7-12(14-10(2)13-9)15-5-3-11(8-16)4-6-15/h7,11,16H,3-6,8H2,1-2H3. The zero-order valence-corrected chi connectivity index (χ0v) is 9.98. The van der Waals surface area contributed by atoms with E-state index in [0.717, 1.165) is 43.3 Å². The molecule has 0 radical (unpaired) electrons. The summed E-state index contributed by atoms with van der Waals surface area (Å²) in [5, 5.41) is 9.09. The number of aromatic nitrogens is 2. The van der Waals surface area contributed by atoms with Crippen molar-refractivity contribution in [2.75, 3.05) is 24.6 Å². The molecule has 0 amide bonds. The van der Waals surface area contributed by atoms with Gasteiger partial charge in [-0.05, 0) is 32.6 Å². The Kier molecular flexibility index (Phi) is 3.39. The van der Waals surface area contributed by atoms with Crippen LogP contribution in [0.3, 0.4) is 0 Å². The van der Waals surface area contributed by atoms with Crippen molar-refractivity contribution in [2.24, 2.45) is 5.92 Å². The van der Waals surface area contributed by atoms with Gasteiger partial charge < -0.3 is 10.0 Å². The molecule has 16 heavy (non-hydrogen) atoms. The number of nitrogens with zero attached hydrogens (tertiary/aromatic N) is 3. The molecule has 2 rings (SSSR count). The maximum Gasteiger partial charge on any atom is 0.132 e. The molecular weight excluding hydrogens is 202 g/mol. The van der Waals surface area contributed by atoms with Gasteiger partial charge in [0.1, 0.15) is 11.6 Å². The molecule has 0 bridgehead atoms. The quantitative estimate of drug-likeness (QED) is 0.818. The first-order chi connectivity index (χ1) is 7.69. The highest BCUT2D eigenvalue weighted by atomic mass is 16.3. The van der Waals surface area contributed by atoms with Crippen LogP contribution in [0.25, 0.3) is 0 Å². The molecular formula is C12H19N3O. The summed E-state index contributed by atoms with van der Waals surface area (Å²) in [6, 6.07) is 2.03. The van der Waals surface area contributed by atoms with Gasteiger partial charge in [-0.15, -0.1) is 0 Å². The lowest BCUT2D eigenvalue weighted by Gasteiger charge is -2.32. The summed E-state index contributed by atoms with van der Waals surface area (Å²) in [4.78, 5) is 11.0. The molecule has 0 aromatic carbocycles. The van der Waals surface area contributed by atoms with Crippen molar-refractivity contribution >= 4 is 5.82 Å². The minimum atomic E-state index is 0.315. The summed E-state index contributed by atoms with van der Waals surface area (Å²) in [5.74, 6) is 2.33. The third-order valence-electron chi connectivity index (χ3n) is 3.15. The van der Waals surface area contributed by atoms with Gasteiger partial charge in [0, 0.05) is 31.5 Å². The number of aryl methyl sites for hydroxylation is 2. The summed E-state index contributed by atoms with van der Waals surface area (Å²) >= 11 is 0. The highest BCUT2D eigenvalue weighted by molar-refractivity contribution is 5.40. The van der Waals surface area contributed by atoms with E-state index in [2.05, 4.69) is 14.9 Å². The monoisotopic (exact) mass is 221 g/mol. The predicted molar refractivity (Wildman–Crippen MR) is 63.5 cm³/mol. The Balaban J connectivity index is 2.08. The lowest BCUT2D eigenvalue weighted by molar-refractivity contribution is 0.202. The molecule has 0 saturated carbocycles. The maximum absolute atomic E-state index is 9.09. The third kappa shape index (κ3) is 2.50. The molecule has 0 spiro atoms. The van der Waals surface area contributed by atoms with E-state index in [1.807, 2.05) is 19.9 Å². The Morgan fingerprint density at radius 1 is 1.31 bits per heavy atom. The van der Waals surface area contributed by atoms with Crippen LogP contribution in [0.2, 0.25) is 0 Å². The van der Waals surface area contributed by atoms with Crippen molar-refractivity contribution in [1.29, 1.82) is 0 Å². The first-order valence-electron chi connectivity index (χ1n) is 5.87. The van der Waals surface area contributed by atoms with Crippen LogP contribution in [-0.2, 0) is 0 Å². The molecule has 4 heteroatoms. The van der Waals surface area contributed by atoms with E-state index >= 15 is 0 Å². The van der Waals surface area contributed by atoms with Gasteiger partial charge >= 0.3 is 0 Å². The molecule has 2 heterocycles. The molecule has 0 unspecified atom stereocenters. The average molecular weight is 221 g/mol. The highest BCUT2D eigenvalue weighted by Gasteiger charge is 2.19. The van der Waals surface area contributed by atoms with Crippen LogP contribution in [0.5, 0.6) is 0 Å². The fourth-order valence-electron chi connectivity index (χ4n) is 2.20. The fraction of sp³-hybridized carbons (Fsp3) is 0.667. The van der Waals surface area contributed by atoms with E-state index in [9.17, 15) is 0 Å². The van der Waals surface area contributed by atoms with Crippen molar-refractivity contribution in [3.63, 3.8) is 0 Å². The van der Waals surface area contributed by atoms with Gasteiger partial charge in [-0.25, -0.2) is 9.97 Å². The van der Waals surface area contributed by atoms with Crippen LogP contribution in [0.15, 0.2) is 6.07 Å². The Morgan fingerprint density at radius 2 is 2.00 bits per heavy atom. The summed E-state index contributed by atoms with van der Waals surface area (Å²) in [7, 11) is 0. The highest BCUT2D eigenvalue weighted by Crippen LogP contribution is 2.21. The van der Waals surface area contributed by atoms with Gasteiger partial charge in [-0.3, -0.25) is 0 Å². The number of piperidine rings is 1. The smallest absolute Gasteiger partial charge is 0.132 e. The number of hydrogen-bond acceptors (Lipinski definition) is 4. The van der Waals surface area contributed by atoms with E-state index in [0.29, 0.717) is 12.5 Å². The Hall–Kier alpha value is -1.16. The maximum atomic E-state index is 9.09. The average Bonchev–Trinajstić information content (AvgIpc) is 2.28. The van der Waals surface area contributed by atoms with E-state index in [1.165, 1.54) is 0 Å². The van der Waals surface area contributed by atoms with Gasteiger partial charge in [-0.1, -0.05) is 0 Å². The van der Waals surface area contributed by atoms with Crippen molar-refractivity contribution in [2.45, 2.75) is 26.7 Å². The van der Waals surface area contributed by atoms with Crippen molar-refractivity contribution < 1.29 is 5.11 Å². The van der Waals surface area contributed by atoms with Crippen LogP contribution in [0, 0.1) is 19.8 Å². The van der Waals surface area contributed by atoms with Gasteiger partial charge in [0.05, 0.1) is 0 Å². The minimum absolute atomic E-state index is 0.315. The van der Waals surface area contributed by atoms with Crippen LogP contribution in [0.4, 0.5) is 5.82 Å². The first-order valence-corrected chi connectivity index (χ1v) is 5.87. The summed E-state index contributed by atoms with van der Waals surface area (Å²) in [6.07, 6.45) is 2.11. The number of aliphatic hydroxyl groups excluding tert-OH is 1. The molecule has 4 nitrogen and oxygen atoms in total. The number of rotatable bonds is 2. The summed E-state index contributed by atoms with van der Waals surface area (Å²) in [6.45, 7) is 6.22. The zero-order chi connectivity index (χ0) is 11.5.